The molecule has 0 aromatic heterocycles. The molecular formula is C30H58O8Si2. The maximum atomic E-state index is 12.9. The molecule has 10 heteroatoms. The van der Waals surface area contributed by atoms with Crippen LogP contribution < -0.4 is 0 Å². The monoisotopic (exact) mass is 602 g/mol. The second-order valence-electron chi connectivity index (χ2n) is 12.2. The summed E-state index contributed by atoms with van der Waals surface area (Å²) in [6, 6.07) is 6.14. The first-order chi connectivity index (χ1) is 19.1. The highest BCUT2D eigenvalue weighted by molar-refractivity contribution is 6.74. The fourth-order valence-electron chi connectivity index (χ4n) is 7.08. The molecule has 234 valence electrons. The molecule has 0 aromatic carbocycles. The van der Waals surface area contributed by atoms with Crippen LogP contribution in [0.1, 0.15) is 74.1 Å². The molecule has 3 fully saturated rings. The predicted octanol–water partition coefficient (Wildman–Crippen LogP) is 5.88. The average Bonchev–Trinajstić information content (AvgIpc) is 2.97. The number of rotatable bonds is 15. The van der Waals surface area contributed by atoms with Crippen molar-refractivity contribution in [1.29, 1.82) is 0 Å². The second kappa shape index (κ2) is 15.0. The third-order valence-corrected chi connectivity index (χ3v) is 19.7. The molecule has 8 atom stereocenters. The zero-order chi connectivity index (χ0) is 29.6. The van der Waals surface area contributed by atoms with Crippen LogP contribution in [0, 0.1) is 0 Å². The molecule has 0 spiro atoms. The van der Waals surface area contributed by atoms with Crippen molar-refractivity contribution >= 4 is 22.4 Å². The SMILES string of the molecule is CC[Si](CC)(CC)O[C@H]1[C@H](C[C@H]2OCCCC2=O)O[C@@H]2C[C@H](OC)[C@@H](COC)O[C@@]2(C)[C@@H]1O[Si](CC)(CC)CC. The Morgan fingerprint density at radius 3 is 2.02 bits per heavy atom. The molecule has 3 aliphatic rings. The average molecular weight is 603 g/mol. The number of hydrogen-bond acceptors (Lipinski definition) is 8. The third kappa shape index (κ3) is 7.13. The Morgan fingerprint density at radius 2 is 1.50 bits per heavy atom. The number of carbonyl (C=O) groups excluding carboxylic acids is 1. The molecule has 8 nitrogen and oxygen atoms in total. The van der Waals surface area contributed by atoms with Gasteiger partial charge in [0.25, 0.3) is 0 Å². The van der Waals surface area contributed by atoms with E-state index in [4.69, 9.17) is 32.5 Å². The van der Waals surface area contributed by atoms with Crippen LogP contribution in [0.15, 0.2) is 0 Å². The lowest BCUT2D eigenvalue weighted by Gasteiger charge is -2.59. The zero-order valence-corrected chi connectivity index (χ0v) is 28.8. The molecule has 3 aliphatic heterocycles. The first-order valence-corrected chi connectivity index (χ1v) is 21.0. The van der Waals surface area contributed by atoms with Crippen LogP contribution in [-0.2, 0) is 37.3 Å². The number of ether oxygens (including phenoxy) is 5. The minimum atomic E-state index is -2.10. The molecule has 0 unspecified atom stereocenters. The smallest absolute Gasteiger partial charge is 0.192 e. The second-order valence-corrected chi connectivity index (χ2v) is 21.7. The summed E-state index contributed by atoms with van der Waals surface area (Å²) in [5, 5.41) is 0. The summed E-state index contributed by atoms with van der Waals surface area (Å²) in [7, 11) is -0.769. The Kier molecular flexibility index (Phi) is 12.9. The van der Waals surface area contributed by atoms with Gasteiger partial charge in [0.15, 0.2) is 22.4 Å². The first kappa shape index (κ1) is 34.3. The number of hydrogen-bond donors (Lipinski definition) is 0. The minimum Gasteiger partial charge on any atom is -0.409 e. The summed E-state index contributed by atoms with van der Waals surface area (Å²) in [5.74, 6) is 0.165. The highest BCUT2D eigenvalue weighted by Crippen LogP contribution is 2.47. The third-order valence-electron chi connectivity index (χ3n) is 10.4. The molecule has 3 heterocycles. The van der Waals surface area contributed by atoms with Crippen molar-refractivity contribution in [3.8, 4) is 0 Å². The van der Waals surface area contributed by atoms with Crippen molar-refractivity contribution in [2.45, 2.75) is 159 Å². The van der Waals surface area contributed by atoms with E-state index in [1.165, 1.54) is 0 Å². The largest absolute Gasteiger partial charge is 0.409 e. The molecule has 0 aromatic rings. The predicted molar refractivity (Wildman–Crippen MR) is 162 cm³/mol. The van der Waals surface area contributed by atoms with Crippen LogP contribution in [0.25, 0.3) is 0 Å². The molecule has 0 radical (unpaired) electrons. The lowest BCUT2D eigenvalue weighted by Crippen LogP contribution is -2.74. The van der Waals surface area contributed by atoms with E-state index in [1.807, 2.05) is 0 Å². The normalized spacial score (nSPS) is 35.5. The standard InChI is InChI=1S/C30H58O8Si2/c1-10-39(11-2,12-3)37-28-25(19-23-22(31)17-16-18-34-23)35-27-20-24(33-9)26(21-32-8)36-30(27,7)29(28)38-40(13-4,14-5)15-6/h23-29H,10-21H2,1-9H3/t23-,24+,25+,26-,27-,28+,29-,30-/m1/s1. The van der Waals surface area contributed by atoms with Gasteiger partial charge < -0.3 is 32.5 Å². The van der Waals surface area contributed by atoms with Crippen molar-refractivity contribution in [2.75, 3.05) is 27.4 Å². The van der Waals surface area contributed by atoms with E-state index in [9.17, 15) is 4.79 Å². The minimum absolute atomic E-state index is 0.162. The number of carbonyl (C=O) groups is 1. The number of Topliss-reactive ketones (excluding diaryl/α,β-unsaturated/α-hetero) is 1. The van der Waals surface area contributed by atoms with Crippen LogP contribution in [-0.4, -0.2) is 98.2 Å². The summed E-state index contributed by atoms with van der Waals surface area (Å²) >= 11 is 0. The van der Waals surface area contributed by atoms with Gasteiger partial charge in [-0.25, -0.2) is 0 Å². The highest BCUT2D eigenvalue weighted by Gasteiger charge is 2.62. The van der Waals surface area contributed by atoms with E-state index < -0.39 is 28.3 Å². The van der Waals surface area contributed by atoms with Gasteiger partial charge in [-0.05, 0) is 49.6 Å². The molecule has 0 aliphatic carbocycles. The van der Waals surface area contributed by atoms with Gasteiger partial charge in [-0.1, -0.05) is 41.5 Å². The Morgan fingerprint density at radius 1 is 0.900 bits per heavy atom. The molecule has 3 rings (SSSR count). The lowest BCUT2D eigenvalue weighted by molar-refractivity contribution is -0.325. The lowest BCUT2D eigenvalue weighted by atomic mass is 9.77. The van der Waals surface area contributed by atoms with Crippen molar-refractivity contribution in [3.05, 3.63) is 0 Å². The summed E-state index contributed by atoms with van der Waals surface area (Å²) in [5.41, 5.74) is -0.746. The van der Waals surface area contributed by atoms with Gasteiger partial charge in [0.1, 0.15) is 23.9 Å². The quantitative estimate of drug-likeness (QED) is 0.215. The fourth-order valence-corrected chi connectivity index (χ4v) is 12.8. The van der Waals surface area contributed by atoms with Gasteiger partial charge in [0.2, 0.25) is 0 Å². The van der Waals surface area contributed by atoms with Crippen molar-refractivity contribution < 1.29 is 37.3 Å². The first-order valence-electron chi connectivity index (χ1n) is 16.0. The van der Waals surface area contributed by atoms with E-state index in [0.29, 0.717) is 32.5 Å². The molecule has 0 N–H and O–H groups in total. The Balaban J connectivity index is 2.13. The Bertz CT molecular complexity index is 775. The summed E-state index contributed by atoms with van der Waals surface area (Å²) < 4.78 is 46.3. The van der Waals surface area contributed by atoms with Crippen LogP contribution in [0.4, 0.5) is 0 Å². The summed E-state index contributed by atoms with van der Waals surface area (Å²) in [4.78, 5) is 12.9. The van der Waals surface area contributed by atoms with E-state index in [2.05, 4.69) is 48.5 Å². The molecule has 0 saturated carbocycles. The van der Waals surface area contributed by atoms with Gasteiger partial charge >= 0.3 is 0 Å². The van der Waals surface area contributed by atoms with Crippen LogP contribution in [0.5, 0.6) is 0 Å². The Hall–Kier alpha value is -0.176. The van der Waals surface area contributed by atoms with Gasteiger partial charge in [0.05, 0.1) is 31.0 Å². The van der Waals surface area contributed by atoms with Crippen LogP contribution in [0.2, 0.25) is 36.3 Å². The van der Waals surface area contributed by atoms with Crippen LogP contribution >= 0.6 is 0 Å². The van der Waals surface area contributed by atoms with E-state index >= 15 is 0 Å². The van der Waals surface area contributed by atoms with Crippen molar-refractivity contribution in [1.82, 2.24) is 0 Å². The van der Waals surface area contributed by atoms with E-state index in [-0.39, 0.29) is 42.4 Å². The zero-order valence-electron chi connectivity index (χ0n) is 26.8. The Labute approximate surface area is 245 Å². The van der Waals surface area contributed by atoms with E-state index in [0.717, 1.165) is 42.7 Å². The molecular weight excluding hydrogens is 544 g/mol. The van der Waals surface area contributed by atoms with Gasteiger partial charge in [-0.2, -0.15) is 0 Å². The molecule has 0 amide bonds. The van der Waals surface area contributed by atoms with Crippen LogP contribution in [0.3, 0.4) is 0 Å². The summed E-state index contributed by atoms with van der Waals surface area (Å²) in [6.07, 6.45) is 0.366. The van der Waals surface area contributed by atoms with Gasteiger partial charge in [-0.3, -0.25) is 4.79 Å². The van der Waals surface area contributed by atoms with Crippen molar-refractivity contribution in [2.24, 2.45) is 0 Å². The fraction of sp³-hybridized carbons (Fsp3) is 0.967. The number of methoxy groups -OCH3 is 2. The topological polar surface area (TPSA) is 81.7 Å². The van der Waals surface area contributed by atoms with Gasteiger partial charge in [0, 0.05) is 40.1 Å². The van der Waals surface area contributed by atoms with Crippen molar-refractivity contribution in [3.63, 3.8) is 0 Å². The molecule has 40 heavy (non-hydrogen) atoms. The number of fused-ring (bicyclic) bond motifs is 1. The molecule has 3 saturated heterocycles. The van der Waals surface area contributed by atoms with E-state index in [1.54, 1.807) is 14.2 Å². The summed E-state index contributed by atoms with van der Waals surface area (Å²) in [6.45, 7) is 16.7. The molecule has 0 bridgehead atoms. The maximum Gasteiger partial charge on any atom is 0.192 e. The highest BCUT2D eigenvalue weighted by atomic mass is 28.4. The van der Waals surface area contributed by atoms with Gasteiger partial charge in [-0.15, -0.1) is 0 Å². The maximum absolute atomic E-state index is 12.9. The number of ketones is 1.